The van der Waals surface area contributed by atoms with Crippen LogP contribution in [0.4, 0.5) is 5.69 Å². The molecule has 0 aliphatic carbocycles. The molecule has 0 aromatic heterocycles. The molecule has 1 amide bonds. The summed E-state index contributed by atoms with van der Waals surface area (Å²) in [6, 6.07) is 16.3. The van der Waals surface area contributed by atoms with Crippen molar-refractivity contribution in [2.45, 2.75) is 13.3 Å². The van der Waals surface area contributed by atoms with Gasteiger partial charge in [-0.05, 0) is 36.2 Å². The summed E-state index contributed by atoms with van der Waals surface area (Å²) < 4.78 is 30.6. The van der Waals surface area contributed by atoms with Gasteiger partial charge in [0.05, 0.1) is 18.5 Å². The van der Waals surface area contributed by atoms with Crippen LogP contribution in [0.1, 0.15) is 12.5 Å². The molecular formula is C19H24N2O4S. The van der Waals surface area contributed by atoms with Gasteiger partial charge in [0.15, 0.2) is 0 Å². The largest absolute Gasteiger partial charge is 0.492 e. The minimum atomic E-state index is -3.55. The Hall–Kier alpha value is -2.54. The van der Waals surface area contributed by atoms with Crippen LogP contribution in [-0.4, -0.2) is 40.3 Å². The van der Waals surface area contributed by atoms with E-state index in [2.05, 4.69) is 12.2 Å². The standard InChI is InChI=1S/C19H24N2O4S/c1-3-16-9-11-18(12-10-16)25-14-13-20-19(22)15-21(26(2,23)24)17-7-5-4-6-8-17/h4-12H,3,13-15H2,1-2H3,(H,20,22). The number of amides is 1. The number of rotatable bonds is 9. The van der Waals surface area contributed by atoms with Crippen molar-refractivity contribution in [3.63, 3.8) is 0 Å². The number of carbonyl (C=O) groups excluding carboxylic acids is 1. The highest BCUT2D eigenvalue weighted by molar-refractivity contribution is 7.92. The number of hydrogen-bond donors (Lipinski definition) is 1. The van der Waals surface area contributed by atoms with E-state index in [4.69, 9.17) is 4.74 Å². The maximum absolute atomic E-state index is 12.1. The Bertz CT molecular complexity index is 805. The van der Waals surface area contributed by atoms with E-state index in [-0.39, 0.29) is 12.5 Å². The molecule has 2 aromatic rings. The maximum atomic E-state index is 12.1. The van der Waals surface area contributed by atoms with Gasteiger partial charge < -0.3 is 10.1 Å². The van der Waals surface area contributed by atoms with Gasteiger partial charge in [0, 0.05) is 0 Å². The van der Waals surface area contributed by atoms with Crippen LogP contribution in [0.3, 0.4) is 0 Å². The number of nitrogens with zero attached hydrogens (tertiary/aromatic N) is 1. The van der Waals surface area contributed by atoms with Crippen LogP contribution in [0.2, 0.25) is 0 Å². The first-order valence-electron chi connectivity index (χ1n) is 8.41. The Morgan fingerprint density at radius 2 is 1.73 bits per heavy atom. The number of aryl methyl sites for hydroxylation is 1. The van der Waals surface area contributed by atoms with Crippen LogP contribution in [0.5, 0.6) is 5.75 Å². The lowest BCUT2D eigenvalue weighted by Crippen LogP contribution is -2.41. The molecule has 0 heterocycles. The molecule has 2 aromatic carbocycles. The van der Waals surface area contributed by atoms with E-state index in [9.17, 15) is 13.2 Å². The maximum Gasteiger partial charge on any atom is 0.240 e. The zero-order chi connectivity index (χ0) is 19.0. The molecule has 2 rings (SSSR count). The average molecular weight is 376 g/mol. The van der Waals surface area contributed by atoms with Crippen LogP contribution in [-0.2, 0) is 21.2 Å². The van der Waals surface area contributed by atoms with Gasteiger partial charge in [-0.2, -0.15) is 0 Å². The van der Waals surface area contributed by atoms with Crippen molar-refractivity contribution in [3.05, 3.63) is 60.2 Å². The van der Waals surface area contributed by atoms with Crippen molar-refractivity contribution in [1.82, 2.24) is 5.32 Å². The number of sulfonamides is 1. The fourth-order valence-corrected chi connectivity index (χ4v) is 3.22. The van der Waals surface area contributed by atoms with Crippen LogP contribution < -0.4 is 14.4 Å². The lowest BCUT2D eigenvalue weighted by molar-refractivity contribution is -0.119. The molecule has 0 aliphatic heterocycles. The third kappa shape index (κ3) is 6.07. The summed E-state index contributed by atoms with van der Waals surface area (Å²) in [4.78, 5) is 12.1. The fraction of sp³-hybridized carbons (Fsp3) is 0.316. The number of hydrogen-bond acceptors (Lipinski definition) is 4. The molecule has 26 heavy (non-hydrogen) atoms. The Balaban J connectivity index is 1.82. The Labute approximate surface area is 154 Å². The summed E-state index contributed by atoms with van der Waals surface area (Å²) >= 11 is 0. The lowest BCUT2D eigenvalue weighted by Gasteiger charge is -2.21. The molecule has 7 heteroatoms. The first kappa shape index (κ1) is 19.8. The predicted molar refractivity (Wildman–Crippen MR) is 103 cm³/mol. The Morgan fingerprint density at radius 3 is 2.31 bits per heavy atom. The van der Waals surface area contributed by atoms with E-state index < -0.39 is 10.0 Å². The molecule has 0 aliphatic rings. The topological polar surface area (TPSA) is 75.7 Å². The number of carbonyl (C=O) groups is 1. The van der Waals surface area contributed by atoms with Crippen LogP contribution in [0, 0.1) is 0 Å². The molecule has 0 radical (unpaired) electrons. The number of ether oxygens (including phenoxy) is 1. The van der Waals surface area contributed by atoms with Gasteiger partial charge in [-0.1, -0.05) is 37.3 Å². The second-order valence-electron chi connectivity index (χ2n) is 5.80. The number of nitrogens with one attached hydrogen (secondary N) is 1. The molecule has 1 N–H and O–H groups in total. The highest BCUT2D eigenvalue weighted by Crippen LogP contribution is 2.16. The third-order valence-corrected chi connectivity index (χ3v) is 4.90. The molecule has 0 unspecified atom stereocenters. The van der Waals surface area contributed by atoms with Crippen LogP contribution in [0.15, 0.2) is 54.6 Å². The molecule has 6 nitrogen and oxygen atoms in total. The Kier molecular flexibility index (Phi) is 7.03. The van der Waals surface area contributed by atoms with E-state index >= 15 is 0 Å². The molecule has 0 saturated carbocycles. The quantitative estimate of drug-likeness (QED) is 0.681. The van der Waals surface area contributed by atoms with E-state index in [0.717, 1.165) is 22.7 Å². The summed E-state index contributed by atoms with van der Waals surface area (Å²) in [6.45, 7) is 2.41. The molecular weight excluding hydrogens is 352 g/mol. The predicted octanol–water partition coefficient (Wildman–Crippen LogP) is 2.21. The van der Waals surface area contributed by atoms with Gasteiger partial charge in [0.25, 0.3) is 0 Å². The van der Waals surface area contributed by atoms with Crippen LogP contribution in [0.25, 0.3) is 0 Å². The minimum absolute atomic E-state index is 0.270. The normalized spacial score (nSPS) is 11.0. The molecule has 0 bridgehead atoms. The zero-order valence-corrected chi connectivity index (χ0v) is 15.8. The zero-order valence-electron chi connectivity index (χ0n) is 15.0. The third-order valence-electron chi connectivity index (χ3n) is 3.76. The summed E-state index contributed by atoms with van der Waals surface area (Å²) in [5.41, 5.74) is 1.69. The SMILES string of the molecule is CCc1ccc(OCCNC(=O)CN(c2ccccc2)S(C)(=O)=O)cc1. The fourth-order valence-electron chi connectivity index (χ4n) is 2.36. The average Bonchev–Trinajstić information content (AvgIpc) is 2.63. The van der Waals surface area contributed by atoms with Crippen molar-refractivity contribution < 1.29 is 17.9 Å². The van der Waals surface area contributed by atoms with E-state index in [1.165, 1.54) is 5.56 Å². The van der Waals surface area contributed by atoms with Gasteiger partial charge in [0.1, 0.15) is 18.9 Å². The van der Waals surface area contributed by atoms with Crippen molar-refractivity contribution in [1.29, 1.82) is 0 Å². The minimum Gasteiger partial charge on any atom is -0.492 e. The van der Waals surface area contributed by atoms with Gasteiger partial charge in [-0.25, -0.2) is 8.42 Å². The van der Waals surface area contributed by atoms with Crippen molar-refractivity contribution in [3.8, 4) is 5.75 Å². The molecule has 0 fully saturated rings. The summed E-state index contributed by atoms with van der Waals surface area (Å²) in [5.74, 6) is 0.350. The summed E-state index contributed by atoms with van der Waals surface area (Å²) in [7, 11) is -3.55. The Morgan fingerprint density at radius 1 is 1.08 bits per heavy atom. The van der Waals surface area contributed by atoms with Crippen molar-refractivity contribution in [2.24, 2.45) is 0 Å². The second kappa shape index (κ2) is 9.24. The molecule has 0 saturated heterocycles. The number of anilines is 1. The number of para-hydroxylation sites is 1. The molecule has 0 spiro atoms. The smallest absolute Gasteiger partial charge is 0.240 e. The van der Waals surface area contributed by atoms with E-state index in [0.29, 0.717) is 18.8 Å². The molecule has 0 atom stereocenters. The monoisotopic (exact) mass is 376 g/mol. The van der Waals surface area contributed by atoms with Crippen LogP contribution >= 0.6 is 0 Å². The van der Waals surface area contributed by atoms with E-state index in [1.807, 2.05) is 24.3 Å². The highest BCUT2D eigenvalue weighted by atomic mass is 32.2. The number of benzene rings is 2. The molecule has 140 valence electrons. The van der Waals surface area contributed by atoms with Gasteiger partial charge >= 0.3 is 0 Å². The highest BCUT2D eigenvalue weighted by Gasteiger charge is 2.20. The summed E-state index contributed by atoms with van der Waals surface area (Å²) in [6.07, 6.45) is 2.05. The summed E-state index contributed by atoms with van der Waals surface area (Å²) in [5, 5.41) is 2.68. The first-order chi connectivity index (χ1) is 12.4. The van der Waals surface area contributed by atoms with Crippen molar-refractivity contribution >= 4 is 21.6 Å². The van der Waals surface area contributed by atoms with Crippen molar-refractivity contribution in [2.75, 3.05) is 30.3 Å². The van der Waals surface area contributed by atoms with E-state index in [1.54, 1.807) is 30.3 Å². The van der Waals surface area contributed by atoms with Gasteiger partial charge in [0.2, 0.25) is 15.9 Å². The van der Waals surface area contributed by atoms with Gasteiger partial charge in [-0.15, -0.1) is 0 Å². The second-order valence-corrected chi connectivity index (χ2v) is 7.71. The van der Waals surface area contributed by atoms with Gasteiger partial charge in [-0.3, -0.25) is 9.10 Å². The first-order valence-corrected chi connectivity index (χ1v) is 10.3. The lowest BCUT2D eigenvalue weighted by atomic mass is 10.2.